The number of rotatable bonds is 5. The fourth-order valence-electron chi connectivity index (χ4n) is 2.57. The number of hydrogen-bond acceptors (Lipinski definition) is 4. The molecular formula is C15H22N4O2. The highest BCUT2D eigenvalue weighted by Crippen LogP contribution is 2.23. The number of likely N-dealkylation sites (N-methyl/N-ethyl adjacent to an activating group) is 1. The van der Waals surface area contributed by atoms with Crippen molar-refractivity contribution in [3.8, 4) is 0 Å². The van der Waals surface area contributed by atoms with E-state index in [9.17, 15) is 9.59 Å². The molecule has 6 heteroatoms. The molecule has 2 rings (SSSR count). The van der Waals surface area contributed by atoms with E-state index in [2.05, 4.69) is 10.3 Å². The minimum atomic E-state index is -0.0154. The maximum absolute atomic E-state index is 12.2. The highest BCUT2D eigenvalue weighted by atomic mass is 16.2. The third kappa shape index (κ3) is 3.39. The lowest BCUT2D eigenvalue weighted by atomic mass is 10.2. The van der Waals surface area contributed by atoms with Crippen LogP contribution in [0.3, 0.4) is 0 Å². The predicted molar refractivity (Wildman–Crippen MR) is 80.0 cm³/mol. The Bertz CT molecular complexity index is 562. The molecule has 0 spiro atoms. The Balaban J connectivity index is 2.08. The molecule has 0 aromatic carbocycles. The smallest absolute Gasteiger partial charge is 0.246 e. The Morgan fingerprint density at radius 1 is 1.52 bits per heavy atom. The van der Waals surface area contributed by atoms with E-state index >= 15 is 0 Å². The van der Waals surface area contributed by atoms with Crippen molar-refractivity contribution in [1.82, 2.24) is 19.8 Å². The maximum Gasteiger partial charge on any atom is 0.246 e. The van der Waals surface area contributed by atoms with Crippen LogP contribution in [0.15, 0.2) is 18.3 Å². The molecule has 0 radical (unpaired) electrons. The van der Waals surface area contributed by atoms with Crippen LogP contribution in [-0.2, 0) is 11.3 Å². The number of Topliss-reactive ketones (excluding diaryl/α,β-unsaturated/α-hetero) is 1. The van der Waals surface area contributed by atoms with Crippen LogP contribution in [0.4, 0.5) is 0 Å². The second kappa shape index (κ2) is 6.67. The summed E-state index contributed by atoms with van der Waals surface area (Å²) >= 11 is 0. The van der Waals surface area contributed by atoms with Crippen molar-refractivity contribution < 1.29 is 9.59 Å². The minimum absolute atomic E-state index is 0.00547. The number of fused-ring (bicyclic) bond motifs is 1. The molecule has 21 heavy (non-hydrogen) atoms. The summed E-state index contributed by atoms with van der Waals surface area (Å²) in [7, 11) is 0. The van der Waals surface area contributed by atoms with Crippen LogP contribution in [-0.4, -0.2) is 45.8 Å². The van der Waals surface area contributed by atoms with Gasteiger partial charge in [0, 0.05) is 26.1 Å². The molecule has 1 unspecified atom stereocenters. The van der Waals surface area contributed by atoms with Gasteiger partial charge >= 0.3 is 0 Å². The van der Waals surface area contributed by atoms with Gasteiger partial charge in [-0.25, -0.2) is 4.98 Å². The SMILES string of the molecule is CCNC/C=C/C(=O)N1Cc2ncc(C(C)=O)n2C(C)C1. The molecule has 1 N–H and O–H groups in total. The van der Waals surface area contributed by atoms with Gasteiger partial charge in [0.05, 0.1) is 18.8 Å². The van der Waals surface area contributed by atoms with Crippen LogP contribution in [0, 0.1) is 0 Å². The molecule has 2 heterocycles. The van der Waals surface area contributed by atoms with Crippen molar-refractivity contribution in [3.05, 3.63) is 29.9 Å². The third-order valence-electron chi connectivity index (χ3n) is 3.58. The number of ketones is 1. The molecule has 1 aromatic rings. The van der Waals surface area contributed by atoms with E-state index in [1.165, 1.54) is 6.92 Å². The molecule has 1 aromatic heterocycles. The lowest BCUT2D eigenvalue weighted by Crippen LogP contribution is -2.40. The number of aromatic nitrogens is 2. The Hall–Kier alpha value is -1.95. The van der Waals surface area contributed by atoms with Crippen LogP contribution < -0.4 is 5.32 Å². The number of carbonyl (C=O) groups is 2. The Labute approximate surface area is 124 Å². The molecule has 1 aliphatic heterocycles. The van der Waals surface area contributed by atoms with Gasteiger partial charge in [-0.15, -0.1) is 0 Å². The summed E-state index contributed by atoms with van der Waals surface area (Å²) in [6.45, 7) is 8.17. The summed E-state index contributed by atoms with van der Waals surface area (Å²) in [6, 6.07) is 0.0567. The Morgan fingerprint density at radius 3 is 2.95 bits per heavy atom. The van der Waals surface area contributed by atoms with Crippen LogP contribution >= 0.6 is 0 Å². The molecule has 6 nitrogen and oxygen atoms in total. The second-order valence-electron chi connectivity index (χ2n) is 5.26. The van der Waals surface area contributed by atoms with Gasteiger partial charge in [0.1, 0.15) is 11.5 Å². The third-order valence-corrected chi connectivity index (χ3v) is 3.58. The first-order chi connectivity index (χ1) is 10.0. The predicted octanol–water partition coefficient (Wildman–Crippen LogP) is 1.15. The van der Waals surface area contributed by atoms with E-state index in [4.69, 9.17) is 0 Å². The number of amides is 1. The highest BCUT2D eigenvalue weighted by molar-refractivity contribution is 5.92. The Morgan fingerprint density at radius 2 is 2.29 bits per heavy atom. The fraction of sp³-hybridized carbons (Fsp3) is 0.533. The molecule has 0 bridgehead atoms. The summed E-state index contributed by atoms with van der Waals surface area (Å²) in [5.74, 6) is 0.761. The zero-order valence-corrected chi connectivity index (χ0v) is 12.8. The molecule has 0 saturated heterocycles. The number of nitrogens with one attached hydrogen (secondary N) is 1. The van der Waals surface area contributed by atoms with Gasteiger partial charge in [0.2, 0.25) is 5.91 Å². The van der Waals surface area contributed by atoms with Gasteiger partial charge < -0.3 is 14.8 Å². The first-order valence-electron chi connectivity index (χ1n) is 7.27. The van der Waals surface area contributed by atoms with Gasteiger partial charge in [0.15, 0.2) is 5.78 Å². The highest BCUT2D eigenvalue weighted by Gasteiger charge is 2.28. The van der Waals surface area contributed by atoms with Crippen LogP contribution in [0.1, 0.15) is 43.1 Å². The fourth-order valence-corrected chi connectivity index (χ4v) is 2.57. The van der Waals surface area contributed by atoms with E-state index in [0.29, 0.717) is 25.3 Å². The lowest BCUT2D eigenvalue weighted by Gasteiger charge is -2.32. The van der Waals surface area contributed by atoms with Crippen molar-refractivity contribution in [2.24, 2.45) is 0 Å². The molecule has 1 aliphatic rings. The summed E-state index contributed by atoms with van der Waals surface area (Å²) in [5, 5.41) is 3.14. The average molecular weight is 290 g/mol. The number of carbonyl (C=O) groups excluding carboxylic acids is 2. The zero-order valence-electron chi connectivity index (χ0n) is 12.8. The van der Waals surface area contributed by atoms with E-state index in [1.807, 2.05) is 24.5 Å². The first-order valence-corrected chi connectivity index (χ1v) is 7.27. The van der Waals surface area contributed by atoms with Crippen LogP contribution in [0.5, 0.6) is 0 Å². The molecule has 1 amide bonds. The van der Waals surface area contributed by atoms with E-state index in [0.717, 1.165) is 12.4 Å². The molecule has 0 aliphatic carbocycles. The summed E-state index contributed by atoms with van der Waals surface area (Å²) in [4.78, 5) is 29.8. The lowest BCUT2D eigenvalue weighted by molar-refractivity contribution is -0.128. The quantitative estimate of drug-likeness (QED) is 0.502. The Kier molecular flexibility index (Phi) is 4.90. The van der Waals surface area contributed by atoms with Crippen molar-refractivity contribution in [2.75, 3.05) is 19.6 Å². The van der Waals surface area contributed by atoms with Crippen molar-refractivity contribution in [3.63, 3.8) is 0 Å². The molecular weight excluding hydrogens is 268 g/mol. The summed E-state index contributed by atoms with van der Waals surface area (Å²) in [6.07, 6.45) is 5.03. The molecule has 1 atom stereocenters. The first kappa shape index (κ1) is 15.4. The van der Waals surface area contributed by atoms with Gasteiger partial charge in [-0.3, -0.25) is 9.59 Å². The van der Waals surface area contributed by atoms with E-state index in [-0.39, 0.29) is 17.7 Å². The van der Waals surface area contributed by atoms with Crippen LogP contribution in [0.25, 0.3) is 0 Å². The average Bonchev–Trinajstić information content (AvgIpc) is 2.88. The number of nitrogens with zero attached hydrogens (tertiary/aromatic N) is 3. The van der Waals surface area contributed by atoms with E-state index in [1.54, 1.807) is 17.2 Å². The maximum atomic E-state index is 12.2. The van der Waals surface area contributed by atoms with Gasteiger partial charge in [-0.2, -0.15) is 0 Å². The standard InChI is InChI=1S/C15H22N4O2/c1-4-16-7-5-6-15(21)18-9-11(2)19-13(12(3)20)8-17-14(19)10-18/h5-6,8,11,16H,4,7,9-10H2,1-3H3/b6-5+. The summed E-state index contributed by atoms with van der Waals surface area (Å²) in [5.41, 5.74) is 0.618. The largest absolute Gasteiger partial charge is 0.330 e. The normalized spacial score (nSPS) is 18.0. The zero-order chi connectivity index (χ0) is 15.4. The second-order valence-corrected chi connectivity index (χ2v) is 5.26. The van der Waals surface area contributed by atoms with Gasteiger partial charge in [-0.05, 0) is 13.5 Å². The molecule has 0 saturated carbocycles. The molecule has 114 valence electrons. The van der Waals surface area contributed by atoms with Crippen molar-refractivity contribution >= 4 is 11.7 Å². The number of hydrogen-bond donors (Lipinski definition) is 1. The van der Waals surface area contributed by atoms with Gasteiger partial charge in [-0.1, -0.05) is 13.0 Å². The van der Waals surface area contributed by atoms with Crippen molar-refractivity contribution in [1.29, 1.82) is 0 Å². The van der Waals surface area contributed by atoms with Crippen LogP contribution in [0.2, 0.25) is 0 Å². The molecule has 0 fully saturated rings. The van der Waals surface area contributed by atoms with Gasteiger partial charge in [0.25, 0.3) is 0 Å². The van der Waals surface area contributed by atoms with Crippen molar-refractivity contribution in [2.45, 2.75) is 33.4 Å². The van der Waals surface area contributed by atoms with E-state index < -0.39 is 0 Å². The monoisotopic (exact) mass is 290 g/mol. The topological polar surface area (TPSA) is 67.2 Å². The number of imidazole rings is 1. The minimum Gasteiger partial charge on any atom is -0.330 e. The summed E-state index contributed by atoms with van der Waals surface area (Å²) < 4.78 is 1.94.